The topological polar surface area (TPSA) is 77.5 Å². The fourth-order valence-corrected chi connectivity index (χ4v) is 4.91. The highest BCUT2D eigenvalue weighted by atomic mass is 16.3. The van der Waals surface area contributed by atoms with Gasteiger partial charge in [-0.15, -0.1) is 0 Å². The molecule has 5 nitrogen and oxygen atoms in total. The minimum Gasteiger partial charge on any atom is -0.386 e. The van der Waals surface area contributed by atoms with Crippen LogP contribution in [-0.4, -0.2) is 27.8 Å². The van der Waals surface area contributed by atoms with Gasteiger partial charge in [-0.1, -0.05) is 49.8 Å². The number of amides is 1. The van der Waals surface area contributed by atoms with Crippen LogP contribution in [0.1, 0.15) is 80.9 Å². The van der Waals surface area contributed by atoms with E-state index in [1.165, 1.54) is 0 Å². The minimum atomic E-state index is -0.727. The van der Waals surface area contributed by atoms with Crippen molar-refractivity contribution in [2.24, 2.45) is 16.3 Å². The summed E-state index contributed by atoms with van der Waals surface area (Å²) in [7, 11) is 0. The molecule has 1 saturated carbocycles. The monoisotopic (exact) mass is 449 g/mol. The van der Waals surface area contributed by atoms with E-state index in [0.29, 0.717) is 0 Å². The van der Waals surface area contributed by atoms with Crippen LogP contribution >= 0.6 is 0 Å². The van der Waals surface area contributed by atoms with Gasteiger partial charge in [0.1, 0.15) is 0 Å². The van der Waals surface area contributed by atoms with Gasteiger partial charge in [0.15, 0.2) is 0 Å². The number of carbonyl (C=O) groups excluding carboxylic acids is 1. The van der Waals surface area contributed by atoms with Gasteiger partial charge in [0.25, 0.3) is 0 Å². The van der Waals surface area contributed by atoms with Crippen LogP contribution in [0, 0.1) is 25.2 Å². The molecular formula is C28H39N3O2. The number of nitrogens with zero attached hydrogens (tertiary/aromatic N) is 1. The minimum absolute atomic E-state index is 0.0147. The van der Waals surface area contributed by atoms with Crippen LogP contribution in [0.5, 0.6) is 0 Å². The molecule has 1 aliphatic carbocycles. The number of hydrogen-bond donors (Lipinski definition) is 3. The van der Waals surface area contributed by atoms with Gasteiger partial charge in [-0.25, -0.2) is 0 Å². The molecule has 5 heteroatoms. The zero-order chi connectivity index (χ0) is 24.0. The summed E-state index contributed by atoms with van der Waals surface area (Å²) < 4.78 is 0. The lowest BCUT2D eigenvalue weighted by atomic mass is 9.80. The predicted octanol–water partition coefficient (Wildman–Crippen LogP) is 5.78. The maximum atomic E-state index is 13.4. The average molecular weight is 450 g/mol. The van der Waals surface area contributed by atoms with Crippen LogP contribution in [0.2, 0.25) is 0 Å². The van der Waals surface area contributed by atoms with Gasteiger partial charge in [-0.3, -0.25) is 9.79 Å². The SMILES string of the molecule is C=C/N=C(/CCC1([C@H](CCC)C(=O)N[C@@H](C)[C@@H](O)c2ccc(C)cc2)CC1)c1cc[nH]c1C. The number of H-pyrrole nitrogens is 1. The molecule has 1 aromatic heterocycles. The first-order valence-corrected chi connectivity index (χ1v) is 12.2. The van der Waals surface area contributed by atoms with Crippen molar-refractivity contribution >= 4 is 11.6 Å². The number of aliphatic hydroxyl groups excluding tert-OH is 1. The fourth-order valence-electron chi connectivity index (χ4n) is 4.91. The number of aliphatic imine (C=N–C) groups is 1. The summed E-state index contributed by atoms with van der Waals surface area (Å²) in [6.07, 6.45) is 8.50. The van der Waals surface area contributed by atoms with E-state index in [1.807, 2.05) is 44.3 Å². The maximum absolute atomic E-state index is 13.4. The highest BCUT2D eigenvalue weighted by Crippen LogP contribution is 2.57. The van der Waals surface area contributed by atoms with E-state index in [4.69, 9.17) is 0 Å². The molecule has 3 rings (SSSR count). The number of rotatable bonds is 12. The van der Waals surface area contributed by atoms with Crippen molar-refractivity contribution in [3.05, 3.63) is 71.7 Å². The third-order valence-electron chi connectivity index (χ3n) is 7.16. The number of aryl methyl sites for hydroxylation is 2. The maximum Gasteiger partial charge on any atom is 0.223 e. The van der Waals surface area contributed by atoms with E-state index in [0.717, 1.165) is 66.6 Å². The van der Waals surface area contributed by atoms with Crippen molar-refractivity contribution in [2.45, 2.75) is 78.4 Å². The Morgan fingerprint density at radius 2 is 1.97 bits per heavy atom. The van der Waals surface area contributed by atoms with E-state index in [-0.39, 0.29) is 23.3 Å². The summed E-state index contributed by atoms with van der Waals surface area (Å²) in [6.45, 7) is 11.9. The van der Waals surface area contributed by atoms with Crippen LogP contribution in [0.15, 0.2) is 54.3 Å². The summed E-state index contributed by atoms with van der Waals surface area (Å²) in [5.41, 5.74) is 5.23. The zero-order valence-corrected chi connectivity index (χ0v) is 20.5. The number of benzene rings is 1. The van der Waals surface area contributed by atoms with Crippen molar-refractivity contribution in [3.63, 3.8) is 0 Å². The number of aromatic nitrogens is 1. The van der Waals surface area contributed by atoms with E-state index in [1.54, 1.807) is 6.20 Å². The highest BCUT2D eigenvalue weighted by molar-refractivity contribution is 6.02. The Labute approximate surface area is 198 Å². The molecule has 3 N–H and O–H groups in total. The van der Waals surface area contributed by atoms with Crippen LogP contribution < -0.4 is 5.32 Å². The molecule has 1 fully saturated rings. The third kappa shape index (κ3) is 6.02. The number of hydrogen-bond acceptors (Lipinski definition) is 3. The summed E-state index contributed by atoms with van der Waals surface area (Å²) in [6, 6.07) is 9.54. The van der Waals surface area contributed by atoms with Gasteiger partial charge in [0, 0.05) is 35.3 Å². The van der Waals surface area contributed by atoms with Gasteiger partial charge < -0.3 is 15.4 Å². The fraction of sp³-hybridized carbons (Fsp3) is 0.500. The van der Waals surface area contributed by atoms with Gasteiger partial charge in [0.05, 0.1) is 12.1 Å². The van der Waals surface area contributed by atoms with Crippen molar-refractivity contribution in [2.75, 3.05) is 0 Å². The molecule has 1 aliphatic rings. The Balaban J connectivity index is 1.68. The third-order valence-corrected chi connectivity index (χ3v) is 7.16. The van der Waals surface area contributed by atoms with Crippen molar-refractivity contribution in [1.29, 1.82) is 0 Å². The van der Waals surface area contributed by atoms with Gasteiger partial charge >= 0.3 is 0 Å². The molecule has 1 heterocycles. The van der Waals surface area contributed by atoms with Gasteiger partial charge in [-0.2, -0.15) is 0 Å². The average Bonchev–Trinajstić information content (AvgIpc) is 3.46. The lowest BCUT2D eigenvalue weighted by Crippen LogP contribution is -2.43. The first kappa shape index (κ1) is 25.0. The number of aliphatic hydroxyl groups is 1. The predicted molar refractivity (Wildman–Crippen MR) is 135 cm³/mol. The van der Waals surface area contributed by atoms with Crippen molar-refractivity contribution in [3.8, 4) is 0 Å². The molecule has 2 aromatic rings. The summed E-state index contributed by atoms with van der Waals surface area (Å²) >= 11 is 0. The molecule has 33 heavy (non-hydrogen) atoms. The molecule has 0 unspecified atom stereocenters. The first-order chi connectivity index (χ1) is 15.8. The van der Waals surface area contributed by atoms with Crippen LogP contribution in [0.4, 0.5) is 0 Å². The largest absolute Gasteiger partial charge is 0.386 e. The molecule has 0 saturated heterocycles. The Hall–Kier alpha value is -2.66. The molecule has 0 aliphatic heterocycles. The second-order valence-corrected chi connectivity index (χ2v) is 9.63. The second-order valence-electron chi connectivity index (χ2n) is 9.63. The van der Waals surface area contributed by atoms with Gasteiger partial charge in [-0.05, 0) is 69.9 Å². The Bertz CT molecular complexity index is 969. The van der Waals surface area contributed by atoms with E-state index >= 15 is 0 Å². The smallest absolute Gasteiger partial charge is 0.223 e. The quantitative estimate of drug-likeness (QED) is 0.359. The Kier molecular flexibility index (Phi) is 8.30. The normalized spacial score (nSPS) is 17.8. The van der Waals surface area contributed by atoms with Crippen LogP contribution in [-0.2, 0) is 4.79 Å². The Morgan fingerprint density at radius 1 is 1.27 bits per heavy atom. The number of aromatic amines is 1. The van der Waals surface area contributed by atoms with Gasteiger partial charge in [0.2, 0.25) is 5.91 Å². The second kappa shape index (κ2) is 11.0. The highest BCUT2D eigenvalue weighted by Gasteiger charge is 2.51. The summed E-state index contributed by atoms with van der Waals surface area (Å²) in [5, 5.41) is 13.9. The molecular weight excluding hydrogens is 410 g/mol. The molecule has 3 atom stereocenters. The molecule has 0 radical (unpaired) electrons. The lowest BCUT2D eigenvalue weighted by Gasteiger charge is -2.29. The molecule has 0 bridgehead atoms. The van der Waals surface area contributed by atoms with E-state index in [2.05, 4.69) is 41.8 Å². The van der Waals surface area contributed by atoms with Crippen LogP contribution in [0.25, 0.3) is 0 Å². The molecule has 1 aromatic carbocycles. The lowest BCUT2D eigenvalue weighted by molar-refractivity contribution is -0.129. The number of nitrogens with one attached hydrogen (secondary N) is 2. The summed E-state index contributed by atoms with van der Waals surface area (Å²) in [4.78, 5) is 21.2. The molecule has 178 valence electrons. The van der Waals surface area contributed by atoms with E-state index in [9.17, 15) is 9.90 Å². The molecule has 1 amide bonds. The molecule has 0 spiro atoms. The Morgan fingerprint density at radius 3 is 2.52 bits per heavy atom. The standard InChI is InChI=1S/C28H39N3O2/c1-6-8-24(27(33)31-21(5)26(32)22-11-9-19(3)10-12-22)28(16-17-28)15-13-25(29-7-2)23-14-18-30-20(23)4/h7,9-12,14,18,21,24,26,30,32H,2,6,8,13,15-17H2,1,3-5H3,(H,31,33)/b29-25-/t21-,24+,26+/m0/s1. The van der Waals surface area contributed by atoms with Crippen molar-refractivity contribution in [1.82, 2.24) is 10.3 Å². The van der Waals surface area contributed by atoms with Crippen LogP contribution in [0.3, 0.4) is 0 Å². The zero-order valence-electron chi connectivity index (χ0n) is 20.5. The first-order valence-electron chi connectivity index (χ1n) is 12.2. The van der Waals surface area contributed by atoms with Crippen molar-refractivity contribution < 1.29 is 9.90 Å². The van der Waals surface area contributed by atoms with E-state index < -0.39 is 6.10 Å². The number of carbonyl (C=O) groups is 1. The summed E-state index contributed by atoms with van der Waals surface area (Å²) in [5.74, 6) is 0.0144.